The Morgan fingerprint density at radius 3 is 1.48 bits per heavy atom. The minimum Gasteiger partial charge on any atom is -0.481 e. The molecule has 0 saturated carbocycles. The maximum Gasteiger partial charge on any atom is 0.306 e. The van der Waals surface area contributed by atoms with Crippen LogP contribution < -0.4 is 0 Å². The average molecular weight is 573 g/mol. The van der Waals surface area contributed by atoms with Crippen molar-refractivity contribution in [1.29, 1.82) is 0 Å². The van der Waals surface area contributed by atoms with E-state index < -0.39 is 5.97 Å². The maximum absolute atomic E-state index is 11.8. The summed E-state index contributed by atoms with van der Waals surface area (Å²) in [6, 6.07) is 0. The highest BCUT2D eigenvalue weighted by molar-refractivity contribution is 5.76. The number of carboxylic acid groups (broad SMARTS) is 1. The molecule has 0 unspecified atom stereocenters. The topological polar surface area (TPSA) is 70.1 Å². The smallest absolute Gasteiger partial charge is 0.306 e. The Morgan fingerprint density at radius 2 is 1.18 bits per heavy atom. The van der Waals surface area contributed by atoms with Crippen LogP contribution in [-0.4, -0.2) is 73.7 Å². The predicted molar refractivity (Wildman–Crippen MR) is 174 cm³/mol. The molecule has 6 nitrogen and oxygen atoms in total. The molecule has 242 valence electrons. The van der Waals surface area contributed by atoms with Crippen molar-refractivity contribution in [1.82, 2.24) is 9.80 Å². The number of amides is 1. The summed E-state index contributed by atoms with van der Waals surface area (Å²) in [6.07, 6.45) is 5.97. The fourth-order valence-electron chi connectivity index (χ4n) is 3.26. The van der Waals surface area contributed by atoms with Crippen LogP contribution in [0.4, 0.5) is 0 Å². The summed E-state index contributed by atoms with van der Waals surface area (Å²) < 4.78 is 4.92. The lowest BCUT2D eigenvalue weighted by atomic mass is 9.89. The number of likely N-dealkylation sites (N-methyl/N-ethyl adjacent to an activating group) is 1. The normalized spacial score (nSPS) is 15.4. The standard InChI is InChI=1S/C11H22N2O.C11H22O2.C7H16O.C5H12/c1-11(2,3)9-10(14)13-7-5-12(4)6-8-13;1-9(10(12)13)7-5-6-8-11(2,3)4;1-7(2,3)5-6-8-4;1-5(2,3)4/h5-9H2,1-4H3;9H,5-8H2,1-4H3,(H,12,13);5-6H2,1-4H3;1-4H3/t;9-;;/m.0../s1. The Hall–Kier alpha value is -1.14. The monoisotopic (exact) mass is 573 g/mol. The van der Waals surface area contributed by atoms with E-state index in [0.29, 0.717) is 28.6 Å². The zero-order valence-electron chi connectivity index (χ0n) is 29.9. The van der Waals surface area contributed by atoms with Crippen molar-refractivity contribution in [3.8, 4) is 0 Å². The summed E-state index contributed by atoms with van der Waals surface area (Å²) in [7, 11) is 3.84. The quantitative estimate of drug-likeness (QED) is 0.295. The van der Waals surface area contributed by atoms with Crippen LogP contribution in [0.2, 0.25) is 0 Å². The minimum atomic E-state index is -0.671. The zero-order valence-corrected chi connectivity index (χ0v) is 29.9. The van der Waals surface area contributed by atoms with E-state index in [4.69, 9.17) is 9.84 Å². The summed E-state index contributed by atoms with van der Waals surface area (Å²) in [5.41, 5.74) is 1.42. The van der Waals surface area contributed by atoms with Crippen LogP contribution in [0.15, 0.2) is 0 Å². The number of hydrogen-bond acceptors (Lipinski definition) is 4. The molecule has 1 fully saturated rings. The van der Waals surface area contributed by atoms with Gasteiger partial charge in [-0.2, -0.15) is 0 Å². The first-order valence-electron chi connectivity index (χ1n) is 15.5. The van der Waals surface area contributed by atoms with Crippen LogP contribution >= 0.6 is 0 Å². The first-order valence-corrected chi connectivity index (χ1v) is 15.5. The Morgan fingerprint density at radius 1 is 0.750 bits per heavy atom. The molecule has 1 atom stereocenters. The van der Waals surface area contributed by atoms with E-state index in [1.807, 2.05) is 4.90 Å². The lowest BCUT2D eigenvalue weighted by molar-refractivity contribution is -0.141. The number of carbonyl (C=O) groups is 2. The number of aliphatic carboxylic acids is 1. The third-order valence-electron chi connectivity index (χ3n) is 5.83. The van der Waals surface area contributed by atoms with Gasteiger partial charge < -0.3 is 19.6 Å². The van der Waals surface area contributed by atoms with Crippen LogP contribution in [0, 0.1) is 27.6 Å². The molecular formula is C34H72N2O4. The molecule has 0 bridgehead atoms. The summed E-state index contributed by atoms with van der Waals surface area (Å²) >= 11 is 0. The van der Waals surface area contributed by atoms with Crippen LogP contribution in [0.3, 0.4) is 0 Å². The van der Waals surface area contributed by atoms with Crippen molar-refractivity contribution >= 4 is 11.9 Å². The fourth-order valence-corrected chi connectivity index (χ4v) is 3.26. The van der Waals surface area contributed by atoms with Crippen LogP contribution in [0.1, 0.15) is 135 Å². The third kappa shape index (κ3) is 39.0. The van der Waals surface area contributed by atoms with Crippen molar-refractivity contribution in [3.63, 3.8) is 0 Å². The number of unbranched alkanes of at least 4 members (excludes halogenated alkanes) is 1. The molecular weight excluding hydrogens is 500 g/mol. The van der Waals surface area contributed by atoms with Gasteiger partial charge in [0, 0.05) is 46.3 Å². The van der Waals surface area contributed by atoms with Crippen molar-refractivity contribution in [2.45, 2.75) is 135 Å². The van der Waals surface area contributed by atoms with Gasteiger partial charge in [0.1, 0.15) is 0 Å². The second kappa shape index (κ2) is 20.7. The lowest BCUT2D eigenvalue weighted by Crippen LogP contribution is -2.47. The fraction of sp³-hybridized carbons (Fsp3) is 0.941. The summed E-state index contributed by atoms with van der Waals surface area (Å²) in [5, 5.41) is 8.64. The molecule has 0 spiro atoms. The molecule has 0 aromatic carbocycles. The van der Waals surface area contributed by atoms with E-state index >= 15 is 0 Å². The number of carbonyl (C=O) groups excluding carboxylic acids is 1. The Bertz CT molecular complexity index is 635. The van der Waals surface area contributed by atoms with Gasteiger partial charge in [-0.15, -0.1) is 0 Å². The van der Waals surface area contributed by atoms with E-state index in [-0.39, 0.29) is 11.3 Å². The third-order valence-corrected chi connectivity index (χ3v) is 5.83. The molecule has 1 amide bonds. The highest BCUT2D eigenvalue weighted by Gasteiger charge is 2.23. The van der Waals surface area contributed by atoms with E-state index in [2.05, 4.69) is 102 Å². The van der Waals surface area contributed by atoms with Gasteiger partial charge in [0.05, 0.1) is 5.92 Å². The molecule has 1 heterocycles. The van der Waals surface area contributed by atoms with Crippen molar-refractivity contribution in [3.05, 3.63) is 0 Å². The van der Waals surface area contributed by atoms with E-state index in [1.54, 1.807) is 14.0 Å². The van der Waals surface area contributed by atoms with Gasteiger partial charge in [0.25, 0.3) is 0 Å². The van der Waals surface area contributed by atoms with Crippen LogP contribution in [0.5, 0.6) is 0 Å². The first-order chi connectivity index (χ1) is 17.8. The highest BCUT2D eigenvalue weighted by atomic mass is 16.5. The number of ether oxygens (including phenoxy) is 1. The van der Waals surface area contributed by atoms with Gasteiger partial charge in [-0.3, -0.25) is 9.59 Å². The molecule has 40 heavy (non-hydrogen) atoms. The molecule has 1 rings (SSSR count). The lowest BCUT2D eigenvalue weighted by Gasteiger charge is -2.34. The van der Waals surface area contributed by atoms with Crippen LogP contribution in [-0.2, 0) is 14.3 Å². The van der Waals surface area contributed by atoms with Crippen molar-refractivity contribution in [2.24, 2.45) is 27.6 Å². The van der Waals surface area contributed by atoms with E-state index in [0.717, 1.165) is 58.5 Å². The van der Waals surface area contributed by atoms with Crippen molar-refractivity contribution in [2.75, 3.05) is 46.9 Å². The summed E-state index contributed by atoms with van der Waals surface area (Å²) in [6.45, 7) is 34.8. The van der Waals surface area contributed by atoms with E-state index in [1.165, 1.54) is 6.42 Å². The molecule has 1 aliphatic heterocycles. The minimum absolute atomic E-state index is 0.112. The van der Waals surface area contributed by atoms with Crippen molar-refractivity contribution < 1.29 is 19.4 Å². The van der Waals surface area contributed by atoms with Gasteiger partial charge in [-0.05, 0) is 48.0 Å². The van der Waals surface area contributed by atoms with Gasteiger partial charge in [-0.1, -0.05) is 110 Å². The Labute approximate surface area is 251 Å². The molecule has 0 radical (unpaired) electrons. The van der Waals surface area contributed by atoms with Gasteiger partial charge in [0.15, 0.2) is 0 Å². The molecule has 0 aliphatic carbocycles. The Kier molecular flexibility index (Phi) is 22.4. The second-order valence-corrected chi connectivity index (χ2v) is 16.8. The highest BCUT2D eigenvalue weighted by Crippen LogP contribution is 2.23. The Balaban J connectivity index is -0.000000487. The molecule has 6 heteroatoms. The number of piperazine rings is 1. The molecule has 0 aromatic heterocycles. The first kappa shape index (κ1) is 43.3. The summed E-state index contributed by atoms with van der Waals surface area (Å²) in [4.78, 5) is 26.6. The molecule has 0 aromatic rings. The van der Waals surface area contributed by atoms with Gasteiger partial charge in [0.2, 0.25) is 5.91 Å². The van der Waals surface area contributed by atoms with Gasteiger partial charge >= 0.3 is 5.97 Å². The van der Waals surface area contributed by atoms with Crippen LogP contribution in [0.25, 0.3) is 0 Å². The number of hydrogen-bond donors (Lipinski definition) is 1. The summed E-state index contributed by atoms with van der Waals surface area (Å²) in [5.74, 6) is -0.540. The zero-order chi connectivity index (χ0) is 32.4. The number of rotatable bonds is 8. The molecule has 1 aliphatic rings. The predicted octanol–water partition coefficient (Wildman–Crippen LogP) is 8.63. The second-order valence-electron chi connectivity index (χ2n) is 16.8. The number of carboxylic acids is 1. The van der Waals surface area contributed by atoms with E-state index in [9.17, 15) is 9.59 Å². The number of methoxy groups -OCH3 is 1. The largest absolute Gasteiger partial charge is 0.481 e. The SMILES string of the molecule is CC(C)(C)C.CN1CCN(C(=O)CC(C)(C)C)CC1.COCCC(C)(C)C.C[C@@H](CCCCC(C)(C)C)C(=O)O. The average Bonchev–Trinajstić information content (AvgIpc) is 2.73. The maximum atomic E-state index is 11.8. The molecule has 1 saturated heterocycles. The number of nitrogens with zero attached hydrogens (tertiary/aromatic N) is 2. The van der Waals surface area contributed by atoms with Gasteiger partial charge in [-0.25, -0.2) is 0 Å². The molecule has 1 N–H and O–H groups in total.